The highest BCUT2D eigenvalue weighted by atomic mass is 16.5. The van der Waals surface area contributed by atoms with E-state index in [0.29, 0.717) is 12.4 Å². The second-order valence-corrected chi connectivity index (χ2v) is 4.61. The Morgan fingerprint density at radius 1 is 1.47 bits per heavy atom. The number of nitrogens with zero attached hydrogens (tertiary/aromatic N) is 3. The van der Waals surface area contributed by atoms with Gasteiger partial charge in [-0.1, -0.05) is 5.16 Å². The molecule has 0 aliphatic carbocycles. The zero-order valence-corrected chi connectivity index (χ0v) is 10.1. The molecule has 1 N–H and O–H groups in total. The van der Waals surface area contributed by atoms with Crippen LogP contribution < -0.4 is 10.2 Å². The van der Waals surface area contributed by atoms with Gasteiger partial charge in [-0.15, -0.1) is 0 Å². The van der Waals surface area contributed by atoms with E-state index in [-0.39, 0.29) is 11.9 Å². The molecule has 1 amide bonds. The first-order valence-corrected chi connectivity index (χ1v) is 5.87. The number of anilines is 1. The third-order valence-electron chi connectivity index (χ3n) is 3.49. The van der Waals surface area contributed by atoms with Gasteiger partial charge in [0.2, 0.25) is 5.91 Å². The first-order chi connectivity index (χ1) is 8.18. The summed E-state index contributed by atoms with van der Waals surface area (Å²) in [5.74, 6) is 0.857. The summed E-state index contributed by atoms with van der Waals surface area (Å²) in [6.07, 6.45) is 0. The fourth-order valence-corrected chi connectivity index (χ4v) is 2.63. The summed E-state index contributed by atoms with van der Waals surface area (Å²) in [6, 6.07) is -0.0301. The van der Waals surface area contributed by atoms with Gasteiger partial charge in [-0.3, -0.25) is 14.6 Å². The van der Waals surface area contributed by atoms with Crippen LogP contribution in [0.5, 0.6) is 0 Å². The Bertz CT molecular complexity index is 437. The number of hydrogen-bond acceptors (Lipinski definition) is 5. The number of carbonyl (C=O) groups excluding carboxylic acids is 1. The second kappa shape index (κ2) is 3.82. The molecule has 1 aromatic rings. The van der Waals surface area contributed by atoms with E-state index in [2.05, 4.69) is 15.4 Å². The fourth-order valence-electron chi connectivity index (χ4n) is 2.63. The van der Waals surface area contributed by atoms with Crippen molar-refractivity contribution in [2.75, 3.05) is 31.2 Å². The summed E-state index contributed by atoms with van der Waals surface area (Å²) in [5, 5.41) is 7.16. The predicted molar refractivity (Wildman–Crippen MR) is 61.7 cm³/mol. The Hall–Kier alpha value is -1.40. The van der Waals surface area contributed by atoms with Gasteiger partial charge in [-0.2, -0.15) is 0 Å². The van der Waals surface area contributed by atoms with Crippen LogP contribution in [0.3, 0.4) is 0 Å². The Kier molecular flexibility index (Phi) is 2.41. The molecule has 6 heteroatoms. The highest BCUT2D eigenvalue weighted by Crippen LogP contribution is 2.29. The lowest BCUT2D eigenvalue weighted by Gasteiger charge is -2.26. The molecule has 2 aliphatic rings. The molecule has 0 aromatic carbocycles. The maximum absolute atomic E-state index is 12.3. The SMILES string of the molecule is Cc1noc(C)c1N1CN2CCNCC2C1=O. The molecule has 0 radical (unpaired) electrons. The zero-order chi connectivity index (χ0) is 12.0. The number of rotatable bonds is 1. The molecule has 3 rings (SSSR count). The third-order valence-corrected chi connectivity index (χ3v) is 3.49. The van der Waals surface area contributed by atoms with Gasteiger partial charge in [0.15, 0.2) is 5.76 Å². The number of carbonyl (C=O) groups is 1. The van der Waals surface area contributed by atoms with E-state index in [1.54, 1.807) is 4.90 Å². The number of aryl methyl sites for hydroxylation is 2. The minimum absolute atomic E-state index is 0.0301. The van der Waals surface area contributed by atoms with Crippen LogP contribution in [0.25, 0.3) is 0 Å². The average molecular weight is 236 g/mol. The summed E-state index contributed by atoms with van der Waals surface area (Å²) in [6.45, 7) is 6.95. The van der Waals surface area contributed by atoms with Gasteiger partial charge >= 0.3 is 0 Å². The van der Waals surface area contributed by atoms with Gasteiger partial charge in [0.25, 0.3) is 0 Å². The second-order valence-electron chi connectivity index (χ2n) is 4.61. The van der Waals surface area contributed by atoms with Crippen molar-refractivity contribution in [3.05, 3.63) is 11.5 Å². The summed E-state index contributed by atoms with van der Waals surface area (Å²) in [5.41, 5.74) is 1.62. The van der Waals surface area contributed by atoms with Gasteiger partial charge < -0.3 is 9.84 Å². The molecule has 0 bridgehead atoms. The topological polar surface area (TPSA) is 61.6 Å². The monoisotopic (exact) mass is 236 g/mol. The average Bonchev–Trinajstić information content (AvgIpc) is 2.82. The molecule has 0 spiro atoms. The Balaban J connectivity index is 1.93. The number of nitrogens with one attached hydrogen (secondary N) is 1. The Labute approximate surface area is 99.5 Å². The molecular formula is C11H16N4O2. The highest BCUT2D eigenvalue weighted by molar-refractivity contribution is 6.00. The Morgan fingerprint density at radius 3 is 2.94 bits per heavy atom. The molecule has 0 saturated carbocycles. The maximum Gasteiger partial charge on any atom is 0.246 e. The molecular weight excluding hydrogens is 220 g/mol. The lowest BCUT2D eigenvalue weighted by Crippen LogP contribution is -2.50. The van der Waals surface area contributed by atoms with Crippen molar-refractivity contribution >= 4 is 11.6 Å². The molecule has 17 heavy (non-hydrogen) atoms. The van der Waals surface area contributed by atoms with Crippen LogP contribution >= 0.6 is 0 Å². The van der Waals surface area contributed by atoms with Crippen LogP contribution in [-0.4, -0.2) is 48.3 Å². The number of fused-ring (bicyclic) bond motifs is 1. The number of amides is 1. The smallest absolute Gasteiger partial charge is 0.246 e. The molecule has 2 fully saturated rings. The van der Waals surface area contributed by atoms with Crippen molar-refractivity contribution in [1.82, 2.24) is 15.4 Å². The van der Waals surface area contributed by atoms with E-state index in [1.165, 1.54) is 0 Å². The van der Waals surface area contributed by atoms with Crippen molar-refractivity contribution in [2.24, 2.45) is 0 Å². The highest BCUT2D eigenvalue weighted by Gasteiger charge is 2.41. The minimum Gasteiger partial charge on any atom is -0.359 e. The van der Waals surface area contributed by atoms with Gasteiger partial charge in [-0.05, 0) is 13.8 Å². The molecule has 6 nitrogen and oxygen atoms in total. The summed E-state index contributed by atoms with van der Waals surface area (Å²) >= 11 is 0. The van der Waals surface area contributed by atoms with Gasteiger partial charge in [-0.25, -0.2) is 0 Å². The molecule has 92 valence electrons. The number of hydrogen-bond donors (Lipinski definition) is 1. The van der Waals surface area contributed by atoms with E-state index in [0.717, 1.165) is 31.0 Å². The van der Waals surface area contributed by atoms with Crippen LogP contribution in [0, 0.1) is 13.8 Å². The minimum atomic E-state index is -0.0301. The Morgan fingerprint density at radius 2 is 2.29 bits per heavy atom. The van der Waals surface area contributed by atoms with E-state index in [9.17, 15) is 4.79 Å². The van der Waals surface area contributed by atoms with Crippen LogP contribution in [0.4, 0.5) is 5.69 Å². The predicted octanol–water partition coefficient (Wildman–Crippen LogP) is -0.131. The standard InChI is InChI=1S/C11H16N4O2/c1-7-10(8(2)17-13-7)15-6-14-4-3-12-5-9(14)11(15)16/h9,12H,3-6H2,1-2H3. The molecule has 2 saturated heterocycles. The van der Waals surface area contributed by atoms with Crippen LogP contribution in [0.15, 0.2) is 4.52 Å². The fraction of sp³-hybridized carbons (Fsp3) is 0.636. The van der Waals surface area contributed by atoms with Crippen molar-refractivity contribution < 1.29 is 9.32 Å². The lowest BCUT2D eigenvalue weighted by atomic mass is 10.2. The van der Waals surface area contributed by atoms with Crippen molar-refractivity contribution in [2.45, 2.75) is 19.9 Å². The summed E-state index contributed by atoms with van der Waals surface area (Å²) in [4.78, 5) is 16.3. The van der Waals surface area contributed by atoms with E-state index in [4.69, 9.17) is 4.52 Å². The van der Waals surface area contributed by atoms with Crippen molar-refractivity contribution in [1.29, 1.82) is 0 Å². The summed E-state index contributed by atoms with van der Waals surface area (Å²) in [7, 11) is 0. The lowest BCUT2D eigenvalue weighted by molar-refractivity contribution is -0.120. The van der Waals surface area contributed by atoms with Crippen LogP contribution in [0.1, 0.15) is 11.5 Å². The first kappa shape index (κ1) is 10.7. The van der Waals surface area contributed by atoms with Crippen molar-refractivity contribution in [3.63, 3.8) is 0 Å². The first-order valence-electron chi connectivity index (χ1n) is 5.87. The summed E-state index contributed by atoms with van der Waals surface area (Å²) < 4.78 is 5.13. The largest absolute Gasteiger partial charge is 0.359 e. The van der Waals surface area contributed by atoms with Crippen molar-refractivity contribution in [3.8, 4) is 0 Å². The van der Waals surface area contributed by atoms with Gasteiger partial charge in [0.1, 0.15) is 17.4 Å². The van der Waals surface area contributed by atoms with Crippen LogP contribution in [-0.2, 0) is 4.79 Å². The van der Waals surface area contributed by atoms with E-state index in [1.807, 2.05) is 13.8 Å². The molecule has 3 heterocycles. The molecule has 1 unspecified atom stereocenters. The van der Waals surface area contributed by atoms with Gasteiger partial charge in [0, 0.05) is 19.6 Å². The number of aromatic nitrogens is 1. The number of piperazine rings is 1. The van der Waals surface area contributed by atoms with E-state index < -0.39 is 0 Å². The van der Waals surface area contributed by atoms with Gasteiger partial charge in [0.05, 0.1) is 6.67 Å². The molecule has 1 aromatic heterocycles. The quantitative estimate of drug-likeness (QED) is 0.736. The maximum atomic E-state index is 12.3. The zero-order valence-electron chi connectivity index (χ0n) is 10.1. The van der Waals surface area contributed by atoms with Crippen LogP contribution in [0.2, 0.25) is 0 Å². The normalized spacial score (nSPS) is 25.4. The molecule has 2 aliphatic heterocycles. The molecule has 1 atom stereocenters. The third kappa shape index (κ3) is 1.56. The van der Waals surface area contributed by atoms with E-state index >= 15 is 0 Å².